The van der Waals surface area contributed by atoms with Crippen molar-refractivity contribution in [2.45, 2.75) is 31.8 Å². The summed E-state index contributed by atoms with van der Waals surface area (Å²) in [5, 5.41) is 6.73. The zero-order chi connectivity index (χ0) is 19.0. The first-order valence-electron chi connectivity index (χ1n) is 9.07. The summed E-state index contributed by atoms with van der Waals surface area (Å²) in [5.74, 6) is 0.419. The predicted molar refractivity (Wildman–Crippen MR) is 95.9 cm³/mol. The molecular weight excluding hydrogens is 354 g/mol. The van der Waals surface area contributed by atoms with E-state index in [4.69, 9.17) is 0 Å². The van der Waals surface area contributed by atoms with Crippen molar-refractivity contribution >= 4 is 11.8 Å². The van der Waals surface area contributed by atoms with E-state index < -0.39 is 6.61 Å². The predicted octanol–water partition coefficient (Wildman–Crippen LogP) is 3.82. The SMILES string of the molecule is Cn1nc(NC(=O)N2CC(c3ccccc3)C3(CCC3)C2)cc1OC(F)F. The molecule has 1 spiro atoms. The Morgan fingerprint density at radius 1 is 1.33 bits per heavy atom. The Morgan fingerprint density at radius 2 is 2.07 bits per heavy atom. The van der Waals surface area contributed by atoms with Gasteiger partial charge in [0.1, 0.15) is 0 Å². The van der Waals surface area contributed by atoms with Crippen molar-refractivity contribution in [1.82, 2.24) is 14.7 Å². The summed E-state index contributed by atoms with van der Waals surface area (Å²) in [6.07, 6.45) is 3.42. The highest BCUT2D eigenvalue weighted by molar-refractivity contribution is 5.88. The van der Waals surface area contributed by atoms with Gasteiger partial charge in [0.15, 0.2) is 5.82 Å². The molecule has 2 fully saturated rings. The van der Waals surface area contributed by atoms with Gasteiger partial charge in [-0.3, -0.25) is 5.32 Å². The molecule has 2 amide bonds. The molecule has 0 bridgehead atoms. The van der Waals surface area contributed by atoms with E-state index in [1.807, 2.05) is 18.2 Å². The lowest BCUT2D eigenvalue weighted by Crippen LogP contribution is -2.39. The number of aromatic nitrogens is 2. The number of benzene rings is 1. The molecule has 1 saturated carbocycles. The van der Waals surface area contributed by atoms with E-state index in [0.29, 0.717) is 19.0 Å². The van der Waals surface area contributed by atoms with Gasteiger partial charge in [-0.2, -0.15) is 13.9 Å². The number of likely N-dealkylation sites (tertiary alicyclic amines) is 1. The van der Waals surface area contributed by atoms with Crippen molar-refractivity contribution in [3.05, 3.63) is 42.0 Å². The summed E-state index contributed by atoms with van der Waals surface area (Å²) >= 11 is 0. The third-order valence-corrected chi connectivity index (χ3v) is 5.77. The van der Waals surface area contributed by atoms with Crippen LogP contribution in [-0.4, -0.2) is 40.4 Å². The van der Waals surface area contributed by atoms with Crippen LogP contribution in [0.4, 0.5) is 19.4 Å². The number of nitrogens with one attached hydrogen (secondary N) is 1. The number of aryl methyl sites for hydroxylation is 1. The zero-order valence-corrected chi connectivity index (χ0v) is 15.1. The average Bonchev–Trinajstić information content (AvgIpc) is 3.16. The number of nitrogens with zero attached hydrogens (tertiary/aromatic N) is 3. The Labute approximate surface area is 156 Å². The number of hydrogen-bond donors (Lipinski definition) is 1. The van der Waals surface area contributed by atoms with Crippen molar-refractivity contribution in [3.8, 4) is 5.88 Å². The lowest BCUT2D eigenvalue weighted by molar-refractivity contribution is -0.0553. The average molecular weight is 376 g/mol. The van der Waals surface area contributed by atoms with Gasteiger partial charge >= 0.3 is 12.6 Å². The van der Waals surface area contributed by atoms with Crippen LogP contribution in [0.5, 0.6) is 5.88 Å². The highest BCUT2D eigenvalue weighted by Gasteiger charge is 2.51. The molecule has 144 valence electrons. The quantitative estimate of drug-likeness (QED) is 0.882. The second-order valence-electron chi connectivity index (χ2n) is 7.36. The Kier molecular flexibility index (Phi) is 4.49. The van der Waals surface area contributed by atoms with E-state index in [9.17, 15) is 13.6 Å². The number of ether oxygens (including phenoxy) is 1. The number of alkyl halides is 2. The largest absolute Gasteiger partial charge is 0.417 e. The van der Waals surface area contributed by atoms with Gasteiger partial charge in [0.2, 0.25) is 5.88 Å². The second kappa shape index (κ2) is 6.83. The van der Waals surface area contributed by atoms with E-state index in [1.54, 1.807) is 4.90 Å². The van der Waals surface area contributed by atoms with Crippen LogP contribution < -0.4 is 10.1 Å². The molecule has 1 N–H and O–H groups in total. The van der Waals surface area contributed by atoms with E-state index in [2.05, 4.69) is 27.3 Å². The topological polar surface area (TPSA) is 59.4 Å². The maximum atomic E-state index is 12.7. The van der Waals surface area contributed by atoms with Crippen LogP contribution in [0.2, 0.25) is 0 Å². The molecule has 1 aromatic carbocycles. The standard InChI is InChI=1S/C19H22F2N4O2/c1-24-16(27-17(20)21)10-15(23-24)22-18(26)25-11-14(13-6-3-2-4-7-13)19(12-25)8-5-9-19/h2-4,6-7,10,14,17H,5,8-9,11-12H2,1H3,(H,22,23,26). The lowest BCUT2D eigenvalue weighted by Gasteiger charge is -2.42. The molecule has 1 saturated heterocycles. The maximum Gasteiger partial charge on any atom is 0.388 e. The Balaban J connectivity index is 1.47. The number of rotatable bonds is 4. The van der Waals surface area contributed by atoms with E-state index >= 15 is 0 Å². The van der Waals surface area contributed by atoms with Crippen LogP contribution in [-0.2, 0) is 7.05 Å². The molecule has 27 heavy (non-hydrogen) atoms. The summed E-state index contributed by atoms with van der Waals surface area (Å²) in [6, 6.07) is 11.3. The second-order valence-corrected chi connectivity index (χ2v) is 7.36. The zero-order valence-electron chi connectivity index (χ0n) is 15.1. The molecule has 2 heterocycles. The van der Waals surface area contributed by atoms with Gasteiger partial charge in [-0.25, -0.2) is 9.48 Å². The number of anilines is 1. The third-order valence-electron chi connectivity index (χ3n) is 5.77. The number of carbonyl (C=O) groups excluding carboxylic acids is 1. The number of carbonyl (C=O) groups is 1. The van der Waals surface area contributed by atoms with Crippen molar-refractivity contribution in [3.63, 3.8) is 0 Å². The summed E-state index contributed by atoms with van der Waals surface area (Å²) in [7, 11) is 1.48. The molecule has 2 aliphatic rings. The number of halogens is 2. The molecule has 1 aliphatic heterocycles. The highest BCUT2D eigenvalue weighted by atomic mass is 19.3. The summed E-state index contributed by atoms with van der Waals surface area (Å²) in [6.45, 7) is -1.60. The van der Waals surface area contributed by atoms with E-state index in [0.717, 1.165) is 12.8 Å². The van der Waals surface area contributed by atoms with Crippen LogP contribution in [0.3, 0.4) is 0 Å². The van der Waals surface area contributed by atoms with Gasteiger partial charge in [0, 0.05) is 32.1 Å². The van der Waals surface area contributed by atoms with Gasteiger partial charge in [0.05, 0.1) is 0 Å². The molecular formula is C19H22F2N4O2. The molecule has 8 heteroatoms. The fourth-order valence-corrected chi connectivity index (χ4v) is 4.31. The lowest BCUT2D eigenvalue weighted by atomic mass is 9.61. The minimum Gasteiger partial charge on any atom is -0.417 e. The van der Waals surface area contributed by atoms with Gasteiger partial charge in [-0.1, -0.05) is 36.8 Å². The molecule has 0 radical (unpaired) electrons. The Morgan fingerprint density at radius 3 is 2.70 bits per heavy atom. The first-order chi connectivity index (χ1) is 13.0. The van der Waals surface area contributed by atoms with E-state index in [1.165, 1.54) is 29.8 Å². The number of hydrogen-bond acceptors (Lipinski definition) is 3. The summed E-state index contributed by atoms with van der Waals surface area (Å²) < 4.78 is 30.3. The normalized spacial score (nSPS) is 20.7. The van der Waals surface area contributed by atoms with Crippen molar-refractivity contribution < 1.29 is 18.3 Å². The van der Waals surface area contributed by atoms with Gasteiger partial charge in [0.25, 0.3) is 0 Å². The maximum absolute atomic E-state index is 12.7. The molecule has 4 rings (SSSR count). The molecule has 1 aliphatic carbocycles. The fraction of sp³-hybridized carbons (Fsp3) is 0.474. The number of urea groups is 1. The van der Waals surface area contributed by atoms with Gasteiger partial charge in [-0.05, 0) is 23.8 Å². The van der Waals surface area contributed by atoms with Gasteiger partial charge < -0.3 is 9.64 Å². The monoisotopic (exact) mass is 376 g/mol. The highest BCUT2D eigenvalue weighted by Crippen LogP contribution is 2.55. The molecule has 1 aromatic heterocycles. The molecule has 6 nitrogen and oxygen atoms in total. The molecule has 1 atom stereocenters. The number of amides is 2. The van der Waals surface area contributed by atoms with E-state index in [-0.39, 0.29) is 23.1 Å². The third kappa shape index (κ3) is 3.36. The summed E-state index contributed by atoms with van der Waals surface area (Å²) in [4.78, 5) is 14.5. The minimum atomic E-state index is -2.94. The van der Waals surface area contributed by atoms with Crippen molar-refractivity contribution in [2.24, 2.45) is 12.5 Å². The Bertz CT molecular complexity index is 820. The van der Waals surface area contributed by atoms with Crippen LogP contribution in [0.1, 0.15) is 30.7 Å². The van der Waals surface area contributed by atoms with Crippen molar-refractivity contribution in [1.29, 1.82) is 0 Å². The first kappa shape index (κ1) is 17.8. The summed E-state index contributed by atoms with van der Waals surface area (Å²) in [5.41, 5.74) is 1.41. The van der Waals surface area contributed by atoms with Gasteiger partial charge in [-0.15, -0.1) is 0 Å². The van der Waals surface area contributed by atoms with Crippen LogP contribution >= 0.6 is 0 Å². The van der Waals surface area contributed by atoms with Crippen LogP contribution in [0.25, 0.3) is 0 Å². The smallest absolute Gasteiger partial charge is 0.388 e. The molecule has 1 unspecified atom stereocenters. The Hall–Kier alpha value is -2.64. The van der Waals surface area contributed by atoms with Crippen LogP contribution in [0.15, 0.2) is 36.4 Å². The first-order valence-corrected chi connectivity index (χ1v) is 9.07. The minimum absolute atomic E-state index is 0.0978. The molecule has 2 aromatic rings. The van der Waals surface area contributed by atoms with Crippen molar-refractivity contribution in [2.75, 3.05) is 18.4 Å². The van der Waals surface area contributed by atoms with Crippen LogP contribution in [0, 0.1) is 5.41 Å². The fourth-order valence-electron chi connectivity index (χ4n) is 4.31.